The highest BCUT2D eigenvalue weighted by Gasteiger charge is 2.29. The van der Waals surface area contributed by atoms with Gasteiger partial charge in [0.15, 0.2) is 5.82 Å². The van der Waals surface area contributed by atoms with Gasteiger partial charge in [-0.3, -0.25) is 4.79 Å². The van der Waals surface area contributed by atoms with E-state index in [0.29, 0.717) is 24.0 Å². The number of fused-ring (bicyclic) bond motifs is 1. The summed E-state index contributed by atoms with van der Waals surface area (Å²) in [4.78, 5) is 28.7. The van der Waals surface area contributed by atoms with Crippen LogP contribution in [0.2, 0.25) is 0 Å². The molecule has 1 saturated heterocycles. The molecule has 2 aromatic heterocycles. The van der Waals surface area contributed by atoms with Crippen LogP contribution in [-0.2, 0) is 13.0 Å². The normalized spacial score (nSPS) is 19.0. The Kier molecular flexibility index (Phi) is 4.71. The monoisotopic (exact) mass is 388 g/mol. The fourth-order valence-electron chi connectivity index (χ4n) is 4.35. The first kappa shape index (κ1) is 17.8. The first-order chi connectivity index (χ1) is 14.3. The molecule has 7 heteroatoms. The van der Waals surface area contributed by atoms with Crippen LogP contribution in [-0.4, -0.2) is 45.1 Å². The topological polar surface area (TPSA) is 75.9 Å². The van der Waals surface area contributed by atoms with Gasteiger partial charge in [0, 0.05) is 49.7 Å². The van der Waals surface area contributed by atoms with Crippen molar-refractivity contribution in [1.82, 2.24) is 24.8 Å². The Labute approximate surface area is 169 Å². The van der Waals surface area contributed by atoms with Crippen molar-refractivity contribution in [2.45, 2.75) is 25.8 Å². The molecule has 1 unspecified atom stereocenters. The standard InChI is InChI=1S/C22H24N6O/c29-22-19-18(8-9-24-22)21(26-20(25-19)17-6-2-1-3-7-17)28-11-4-5-16(14-28)13-27-12-10-23-15-27/h1-3,6-7,10,12,15-16H,4-5,8-9,11,13-14H2,(H,24,29). The molecule has 29 heavy (non-hydrogen) atoms. The predicted molar refractivity (Wildman–Crippen MR) is 111 cm³/mol. The van der Waals surface area contributed by atoms with Crippen LogP contribution in [0.25, 0.3) is 11.4 Å². The molecule has 0 spiro atoms. The molecule has 0 bridgehead atoms. The van der Waals surface area contributed by atoms with Crippen molar-refractivity contribution in [1.29, 1.82) is 0 Å². The van der Waals surface area contributed by atoms with E-state index in [1.807, 2.05) is 49.1 Å². The highest BCUT2D eigenvalue weighted by molar-refractivity contribution is 5.96. The van der Waals surface area contributed by atoms with Gasteiger partial charge in [0.2, 0.25) is 0 Å². The van der Waals surface area contributed by atoms with E-state index in [-0.39, 0.29) is 5.91 Å². The molecular formula is C22H24N6O. The largest absolute Gasteiger partial charge is 0.356 e. The fraction of sp³-hybridized carbons (Fsp3) is 0.364. The highest BCUT2D eigenvalue weighted by atomic mass is 16.1. The molecule has 5 rings (SSSR count). The van der Waals surface area contributed by atoms with Gasteiger partial charge < -0.3 is 14.8 Å². The number of hydrogen-bond donors (Lipinski definition) is 1. The number of aromatic nitrogens is 4. The molecule has 148 valence electrons. The van der Waals surface area contributed by atoms with E-state index in [9.17, 15) is 4.79 Å². The summed E-state index contributed by atoms with van der Waals surface area (Å²) in [6, 6.07) is 9.90. The maximum atomic E-state index is 12.5. The van der Waals surface area contributed by atoms with Gasteiger partial charge in [-0.1, -0.05) is 30.3 Å². The van der Waals surface area contributed by atoms with Crippen LogP contribution >= 0.6 is 0 Å². The van der Waals surface area contributed by atoms with Crippen molar-refractivity contribution in [3.8, 4) is 11.4 Å². The van der Waals surface area contributed by atoms with Crippen molar-refractivity contribution in [2.24, 2.45) is 5.92 Å². The van der Waals surface area contributed by atoms with E-state index >= 15 is 0 Å². The van der Waals surface area contributed by atoms with E-state index in [4.69, 9.17) is 4.98 Å². The van der Waals surface area contributed by atoms with E-state index in [1.54, 1.807) is 0 Å². The van der Waals surface area contributed by atoms with E-state index < -0.39 is 0 Å². The number of carbonyl (C=O) groups excluding carboxylic acids is 1. The molecule has 7 nitrogen and oxygen atoms in total. The van der Waals surface area contributed by atoms with Gasteiger partial charge in [-0.05, 0) is 25.2 Å². The van der Waals surface area contributed by atoms with E-state index in [1.165, 1.54) is 6.42 Å². The maximum absolute atomic E-state index is 12.5. The van der Waals surface area contributed by atoms with Gasteiger partial charge in [0.1, 0.15) is 11.5 Å². The molecular weight excluding hydrogens is 364 g/mol. The fourth-order valence-corrected chi connectivity index (χ4v) is 4.35. The summed E-state index contributed by atoms with van der Waals surface area (Å²) >= 11 is 0. The number of rotatable bonds is 4. The first-order valence-corrected chi connectivity index (χ1v) is 10.2. The van der Waals surface area contributed by atoms with Gasteiger partial charge in [-0.2, -0.15) is 0 Å². The zero-order valence-electron chi connectivity index (χ0n) is 16.3. The van der Waals surface area contributed by atoms with Crippen molar-refractivity contribution in [3.05, 3.63) is 60.3 Å². The molecule has 2 aliphatic heterocycles. The Balaban J connectivity index is 1.51. The number of carbonyl (C=O) groups is 1. The Morgan fingerprint density at radius 3 is 2.90 bits per heavy atom. The lowest BCUT2D eigenvalue weighted by molar-refractivity contribution is 0.0940. The number of anilines is 1. The van der Waals surface area contributed by atoms with Crippen LogP contribution in [0.1, 0.15) is 28.9 Å². The summed E-state index contributed by atoms with van der Waals surface area (Å²) in [7, 11) is 0. The zero-order chi connectivity index (χ0) is 19.6. The summed E-state index contributed by atoms with van der Waals surface area (Å²) in [5.41, 5.74) is 2.44. The van der Waals surface area contributed by atoms with Crippen LogP contribution in [0.15, 0.2) is 49.1 Å². The van der Waals surface area contributed by atoms with Gasteiger partial charge >= 0.3 is 0 Å². The third-order valence-electron chi connectivity index (χ3n) is 5.74. The van der Waals surface area contributed by atoms with Crippen LogP contribution in [0.5, 0.6) is 0 Å². The van der Waals surface area contributed by atoms with Crippen molar-refractivity contribution in [2.75, 3.05) is 24.5 Å². The molecule has 0 radical (unpaired) electrons. The molecule has 0 saturated carbocycles. The van der Waals surface area contributed by atoms with Gasteiger partial charge in [0.05, 0.1) is 6.33 Å². The molecule has 3 aromatic rings. The van der Waals surface area contributed by atoms with Gasteiger partial charge in [-0.15, -0.1) is 0 Å². The lowest BCUT2D eigenvalue weighted by Crippen LogP contribution is -2.40. The number of nitrogens with zero attached hydrogens (tertiary/aromatic N) is 5. The Hall–Kier alpha value is -3.22. The average Bonchev–Trinajstić information content (AvgIpc) is 3.27. The van der Waals surface area contributed by atoms with E-state index in [0.717, 1.165) is 49.4 Å². The molecule has 4 heterocycles. The molecule has 1 fully saturated rings. The quantitative estimate of drug-likeness (QED) is 0.743. The molecule has 2 aliphatic rings. The summed E-state index contributed by atoms with van der Waals surface area (Å²) in [6.07, 6.45) is 8.80. The molecule has 1 aromatic carbocycles. The minimum Gasteiger partial charge on any atom is -0.356 e. The second kappa shape index (κ2) is 7.66. The molecule has 1 amide bonds. The minimum atomic E-state index is -0.0981. The van der Waals surface area contributed by atoms with Crippen molar-refractivity contribution < 1.29 is 4.79 Å². The minimum absolute atomic E-state index is 0.0981. The third kappa shape index (κ3) is 3.60. The van der Waals surface area contributed by atoms with Gasteiger partial charge in [0.25, 0.3) is 5.91 Å². The third-order valence-corrected chi connectivity index (χ3v) is 5.74. The lowest BCUT2D eigenvalue weighted by atomic mass is 9.96. The summed E-state index contributed by atoms with van der Waals surface area (Å²) in [6.45, 7) is 3.48. The number of benzene rings is 1. The smallest absolute Gasteiger partial charge is 0.270 e. The highest BCUT2D eigenvalue weighted by Crippen LogP contribution is 2.31. The Morgan fingerprint density at radius 2 is 2.07 bits per heavy atom. The average molecular weight is 388 g/mol. The number of imidazole rings is 1. The number of amides is 1. The van der Waals surface area contributed by atoms with Crippen LogP contribution in [0.4, 0.5) is 5.82 Å². The van der Waals surface area contributed by atoms with Crippen molar-refractivity contribution in [3.63, 3.8) is 0 Å². The van der Waals surface area contributed by atoms with Gasteiger partial charge in [-0.25, -0.2) is 15.0 Å². The van der Waals surface area contributed by atoms with Crippen LogP contribution < -0.4 is 10.2 Å². The number of hydrogen-bond acceptors (Lipinski definition) is 5. The summed E-state index contributed by atoms with van der Waals surface area (Å²) < 4.78 is 2.15. The summed E-state index contributed by atoms with van der Waals surface area (Å²) in [5, 5.41) is 2.93. The second-order valence-electron chi connectivity index (χ2n) is 7.78. The molecule has 1 atom stereocenters. The van der Waals surface area contributed by atoms with E-state index in [2.05, 4.69) is 24.8 Å². The number of nitrogens with one attached hydrogen (secondary N) is 1. The lowest BCUT2D eigenvalue weighted by Gasteiger charge is -2.35. The molecule has 1 N–H and O–H groups in total. The van der Waals surface area contributed by atoms with Crippen LogP contribution in [0.3, 0.4) is 0 Å². The SMILES string of the molecule is O=C1NCCc2c1nc(-c1ccccc1)nc2N1CCCC(Cn2ccnc2)C1. The Bertz CT molecular complexity index is 1000. The zero-order valence-corrected chi connectivity index (χ0v) is 16.3. The first-order valence-electron chi connectivity index (χ1n) is 10.2. The predicted octanol–water partition coefficient (Wildman–Crippen LogP) is 2.54. The Morgan fingerprint density at radius 1 is 1.17 bits per heavy atom. The maximum Gasteiger partial charge on any atom is 0.270 e. The van der Waals surface area contributed by atoms with Crippen molar-refractivity contribution >= 4 is 11.7 Å². The van der Waals surface area contributed by atoms with Crippen LogP contribution in [0, 0.1) is 5.92 Å². The molecule has 0 aliphatic carbocycles. The number of piperidine rings is 1. The summed E-state index contributed by atoms with van der Waals surface area (Å²) in [5.74, 6) is 1.98. The second-order valence-corrected chi connectivity index (χ2v) is 7.78.